The summed E-state index contributed by atoms with van der Waals surface area (Å²) in [7, 11) is 0. The zero-order valence-corrected chi connectivity index (χ0v) is 16.7. The number of nitrogens with two attached hydrogens (primary N) is 1. The molecule has 0 aliphatic heterocycles. The quantitative estimate of drug-likeness (QED) is 0.442. The maximum absolute atomic E-state index is 13.0. The van der Waals surface area contributed by atoms with Gasteiger partial charge in [-0.25, -0.2) is 0 Å². The van der Waals surface area contributed by atoms with Crippen molar-refractivity contribution in [3.05, 3.63) is 108 Å². The predicted molar refractivity (Wildman–Crippen MR) is 118 cm³/mol. The van der Waals surface area contributed by atoms with Gasteiger partial charge in [-0.3, -0.25) is 4.79 Å². The first-order valence-electron chi connectivity index (χ1n) is 9.78. The van der Waals surface area contributed by atoms with E-state index in [9.17, 15) is 4.79 Å². The van der Waals surface area contributed by atoms with Crippen LogP contribution in [-0.4, -0.2) is 20.9 Å². The molecular formula is C24H21N5O2. The van der Waals surface area contributed by atoms with Crippen LogP contribution in [0.25, 0.3) is 0 Å². The molecule has 3 N–H and O–H groups in total. The van der Waals surface area contributed by atoms with E-state index in [2.05, 4.69) is 20.3 Å². The number of benzene rings is 3. The molecule has 31 heavy (non-hydrogen) atoms. The number of carbonyl (C=O) groups excluding carboxylic acids is 1. The van der Waals surface area contributed by atoms with Gasteiger partial charge in [-0.05, 0) is 23.3 Å². The number of nitrogen functional groups attached to an aromatic ring is 1. The molecule has 0 saturated heterocycles. The molecule has 0 radical (unpaired) electrons. The third-order valence-electron chi connectivity index (χ3n) is 4.57. The summed E-state index contributed by atoms with van der Waals surface area (Å²) in [6.07, 6.45) is 0. The lowest BCUT2D eigenvalue weighted by atomic mass is 9.91. The second-order valence-corrected chi connectivity index (χ2v) is 6.79. The van der Waals surface area contributed by atoms with Gasteiger partial charge >= 0.3 is 5.97 Å². The van der Waals surface area contributed by atoms with Crippen molar-refractivity contribution in [3.63, 3.8) is 0 Å². The molecule has 0 aliphatic rings. The highest BCUT2D eigenvalue weighted by Crippen LogP contribution is 2.26. The molecule has 0 atom stereocenters. The Morgan fingerprint density at radius 1 is 0.806 bits per heavy atom. The standard InChI is InChI=1S/C24H21N5O2/c25-23-27-20(28-24(29-23)26-19-14-8-3-9-15-19)16-31-22(30)21(17-10-4-1-5-11-17)18-12-6-2-7-13-18/h1-15,21H,16H2,(H3,25,26,27,28,29). The molecule has 0 spiro atoms. The molecule has 4 aromatic rings. The van der Waals surface area contributed by atoms with Crippen LogP contribution in [0.3, 0.4) is 0 Å². The molecular weight excluding hydrogens is 390 g/mol. The van der Waals surface area contributed by atoms with E-state index in [1.165, 1.54) is 0 Å². The van der Waals surface area contributed by atoms with E-state index in [0.29, 0.717) is 0 Å². The zero-order valence-electron chi connectivity index (χ0n) is 16.7. The van der Waals surface area contributed by atoms with Gasteiger partial charge in [0.05, 0.1) is 0 Å². The Morgan fingerprint density at radius 2 is 1.35 bits per heavy atom. The number of para-hydroxylation sites is 1. The van der Waals surface area contributed by atoms with Crippen molar-refractivity contribution in [2.24, 2.45) is 0 Å². The van der Waals surface area contributed by atoms with Crippen LogP contribution in [0.1, 0.15) is 22.9 Å². The molecule has 7 nitrogen and oxygen atoms in total. The van der Waals surface area contributed by atoms with E-state index in [1.807, 2.05) is 91.0 Å². The lowest BCUT2D eigenvalue weighted by molar-refractivity contribution is -0.146. The fourth-order valence-electron chi connectivity index (χ4n) is 3.18. The summed E-state index contributed by atoms with van der Waals surface area (Å²) < 4.78 is 5.58. The largest absolute Gasteiger partial charge is 0.457 e. The number of carbonyl (C=O) groups is 1. The van der Waals surface area contributed by atoms with Gasteiger partial charge in [0.25, 0.3) is 0 Å². The molecule has 4 rings (SSSR count). The van der Waals surface area contributed by atoms with Crippen molar-refractivity contribution in [1.82, 2.24) is 15.0 Å². The molecule has 0 saturated carbocycles. The summed E-state index contributed by atoms with van der Waals surface area (Å²) in [4.78, 5) is 25.5. The van der Waals surface area contributed by atoms with Gasteiger partial charge in [-0.15, -0.1) is 0 Å². The normalized spacial score (nSPS) is 10.6. The molecule has 1 aromatic heterocycles. The molecule has 0 fully saturated rings. The average molecular weight is 411 g/mol. The molecule has 0 amide bonds. The van der Waals surface area contributed by atoms with Gasteiger partial charge in [0.2, 0.25) is 11.9 Å². The predicted octanol–water partition coefficient (Wildman–Crippen LogP) is 4.07. The third-order valence-corrected chi connectivity index (χ3v) is 4.57. The van der Waals surface area contributed by atoms with E-state index in [0.717, 1.165) is 16.8 Å². The highest BCUT2D eigenvalue weighted by Gasteiger charge is 2.24. The topological polar surface area (TPSA) is 103 Å². The molecule has 0 bridgehead atoms. The summed E-state index contributed by atoms with van der Waals surface area (Å²) >= 11 is 0. The van der Waals surface area contributed by atoms with Crippen LogP contribution in [0.5, 0.6) is 0 Å². The minimum atomic E-state index is -0.552. The highest BCUT2D eigenvalue weighted by molar-refractivity contribution is 5.82. The van der Waals surface area contributed by atoms with Crippen molar-refractivity contribution in [3.8, 4) is 0 Å². The van der Waals surface area contributed by atoms with Gasteiger partial charge < -0.3 is 15.8 Å². The molecule has 0 aliphatic carbocycles. The SMILES string of the molecule is Nc1nc(COC(=O)C(c2ccccc2)c2ccccc2)nc(Nc2ccccc2)n1. The average Bonchev–Trinajstić information content (AvgIpc) is 2.80. The Hall–Kier alpha value is -4.26. The fourth-order valence-corrected chi connectivity index (χ4v) is 3.18. The molecule has 7 heteroatoms. The lowest BCUT2D eigenvalue weighted by Crippen LogP contribution is -2.18. The summed E-state index contributed by atoms with van der Waals surface area (Å²) in [5.74, 6) is -0.355. The molecule has 3 aromatic carbocycles. The van der Waals surface area contributed by atoms with E-state index in [4.69, 9.17) is 10.5 Å². The first-order valence-corrected chi connectivity index (χ1v) is 9.78. The molecule has 154 valence electrons. The third kappa shape index (κ3) is 5.22. The lowest BCUT2D eigenvalue weighted by Gasteiger charge is -2.17. The van der Waals surface area contributed by atoms with Gasteiger partial charge in [-0.2, -0.15) is 15.0 Å². The summed E-state index contributed by atoms with van der Waals surface area (Å²) in [6, 6.07) is 28.5. The monoisotopic (exact) mass is 411 g/mol. The van der Waals surface area contributed by atoms with Crippen LogP contribution in [0, 0.1) is 0 Å². The Bertz CT molecular complexity index is 1100. The minimum Gasteiger partial charge on any atom is -0.457 e. The second kappa shape index (κ2) is 9.49. The van der Waals surface area contributed by atoms with E-state index < -0.39 is 11.9 Å². The first-order chi connectivity index (χ1) is 15.2. The number of rotatable bonds is 7. The van der Waals surface area contributed by atoms with E-state index in [1.54, 1.807) is 0 Å². The summed E-state index contributed by atoms with van der Waals surface area (Å²) in [6.45, 7) is -0.120. The van der Waals surface area contributed by atoms with Crippen molar-refractivity contribution in [2.75, 3.05) is 11.1 Å². The number of hydrogen-bond acceptors (Lipinski definition) is 7. The molecule has 0 unspecified atom stereocenters. The zero-order chi connectivity index (χ0) is 21.5. The van der Waals surface area contributed by atoms with Crippen LogP contribution >= 0.6 is 0 Å². The van der Waals surface area contributed by atoms with Crippen molar-refractivity contribution < 1.29 is 9.53 Å². The van der Waals surface area contributed by atoms with Crippen LogP contribution in [0.2, 0.25) is 0 Å². The number of ether oxygens (including phenoxy) is 1. The van der Waals surface area contributed by atoms with Crippen LogP contribution in [0.15, 0.2) is 91.0 Å². The van der Waals surface area contributed by atoms with Crippen molar-refractivity contribution in [1.29, 1.82) is 0 Å². The summed E-state index contributed by atoms with van der Waals surface area (Å²) in [5.41, 5.74) is 8.32. The number of anilines is 3. The van der Waals surface area contributed by atoms with Crippen molar-refractivity contribution in [2.45, 2.75) is 12.5 Å². The van der Waals surface area contributed by atoms with Gasteiger partial charge in [0, 0.05) is 5.69 Å². The van der Waals surface area contributed by atoms with Crippen LogP contribution < -0.4 is 11.1 Å². The minimum absolute atomic E-state index is 0.0437. The Balaban J connectivity index is 1.51. The maximum Gasteiger partial charge on any atom is 0.318 e. The number of hydrogen-bond donors (Lipinski definition) is 2. The van der Waals surface area contributed by atoms with Gasteiger partial charge in [-0.1, -0.05) is 78.9 Å². The van der Waals surface area contributed by atoms with E-state index in [-0.39, 0.29) is 24.3 Å². The van der Waals surface area contributed by atoms with Crippen LogP contribution in [0.4, 0.5) is 17.6 Å². The maximum atomic E-state index is 13.0. The number of nitrogens with one attached hydrogen (secondary N) is 1. The van der Waals surface area contributed by atoms with Crippen molar-refractivity contribution >= 4 is 23.6 Å². The first kappa shape index (κ1) is 20.0. The van der Waals surface area contributed by atoms with Gasteiger partial charge in [0.15, 0.2) is 12.4 Å². The van der Waals surface area contributed by atoms with E-state index >= 15 is 0 Å². The Morgan fingerprint density at radius 3 is 1.94 bits per heavy atom. The van der Waals surface area contributed by atoms with Gasteiger partial charge in [0.1, 0.15) is 5.92 Å². The summed E-state index contributed by atoms with van der Waals surface area (Å²) in [5, 5.41) is 3.06. The Labute approximate surface area is 180 Å². The smallest absolute Gasteiger partial charge is 0.318 e. The second-order valence-electron chi connectivity index (χ2n) is 6.79. The highest BCUT2D eigenvalue weighted by atomic mass is 16.5. The number of esters is 1. The number of nitrogens with zero attached hydrogens (tertiary/aromatic N) is 3. The molecule has 1 heterocycles. The van der Waals surface area contributed by atoms with Crippen LogP contribution in [-0.2, 0) is 16.1 Å². The number of aromatic nitrogens is 3. The Kier molecular flexibility index (Phi) is 6.13. The fraction of sp³-hybridized carbons (Fsp3) is 0.0833.